The van der Waals surface area contributed by atoms with E-state index in [-0.39, 0.29) is 5.69 Å². The summed E-state index contributed by atoms with van der Waals surface area (Å²) in [5.41, 5.74) is 7.72. The Kier molecular flexibility index (Phi) is 12.0. The molecule has 0 saturated carbocycles. The molecule has 1 N–H and O–H groups in total. The monoisotopic (exact) mass is 672 g/mol. The first kappa shape index (κ1) is 35.9. The van der Waals surface area contributed by atoms with E-state index in [9.17, 15) is 13.2 Å². The summed E-state index contributed by atoms with van der Waals surface area (Å²) >= 11 is 0. The largest absolute Gasteiger partial charge is 0.493 e. The zero-order valence-corrected chi connectivity index (χ0v) is 29.3. The summed E-state index contributed by atoms with van der Waals surface area (Å²) in [6.45, 7) is 12.1. The van der Waals surface area contributed by atoms with E-state index in [1.165, 1.54) is 12.8 Å². The van der Waals surface area contributed by atoms with Gasteiger partial charge in [0.25, 0.3) is 0 Å². The number of hydrogen-bond acceptors (Lipinski definition) is 5. The van der Waals surface area contributed by atoms with Crippen LogP contribution in [0.2, 0.25) is 0 Å². The number of aliphatic imine (C=N–C) groups is 1. The average molecular weight is 673 g/mol. The average Bonchev–Trinajstić information content (AvgIpc) is 3.75. The maximum atomic E-state index is 13.5. The van der Waals surface area contributed by atoms with E-state index < -0.39 is 11.9 Å². The first-order valence-corrected chi connectivity index (χ1v) is 17.5. The molecule has 0 unspecified atom stereocenters. The quantitative estimate of drug-likeness (QED) is 0.120. The van der Waals surface area contributed by atoms with Crippen LogP contribution in [0.25, 0.3) is 39.2 Å². The number of allylic oxidation sites excluding steroid dienone is 1. The van der Waals surface area contributed by atoms with Gasteiger partial charge in [-0.1, -0.05) is 70.6 Å². The predicted molar refractivity (Wildman–Crippen MR) is 192 cm³/mol. The second kappa shape index (κ2) is 16.3. The molecule has 0 aliphatic carbocycles. The van der Waals surface area contributed by atoms with Crippen molar-refractivity contribution in [3.63, 3.8) is 0 Å². The third-order valence-corrected chi connectivity index (χ3v) is 8.81. The highest BCUT2D eigenvalue weighted by Crippen LogP contribution is 2.44. The Bertz CT molecular complexity index is 1810. The lowest BCUT2D eigenvalue weighted by molar-refractivity contribution is -0.141. The Labute approximate surface area is 287 Å². The van der Waals surface area contributed by atoms with E-state index in [1.54, 1.807) is 6.07 Å². The smallest absolute Gasteiger partial charge is 0.432 e. The summed E-state index contributed by atoms with van der Waals surface area (Å²) in [6.07, 6.45) is 6.19. The maximum absolute atomic E-state index is 13.5. The minimum atomic E-state index is -4.55. The van der Waals surface area contributed by atoms with Crippen LogP contribution >= 0.6 is 0 Å². The van der Waals surface area contributed by atoms with Gasteiger partial charge < -0.3 is 9.47 Å². The van der Waals surface area contributed by atoms with Crippen LogP contribution in [0.3, 0.4) is 0 Å². The molecule has 0 bridgehead atoms. The van der Waals surface area contributed by atoms with Gasteiger partial charge in [0.2, 0.25) is 0 Å². The zero-order chi connectivity index (χ0) is 35.0. The normalized spacial score (nSPS) is 13.1. The van der Waals surface area contributed by atoms with Crippen LogP contribution in [0.15, 0.2) is 59.6 Å². The highest BCUT2D eigenvalue weighted by atomic mass is 19.4. The van der Waals surface area contributed by atoms with Gasteiger partial charge in [-0.3, -0.25) is 10.1 Å². The van der Waals surface area contributed by atoms with E-state index >= 15 is 0 Å². The van der Waals surface area contributed by atoms with Crippen molar-refractivity contribution in [1.29, 1.82) is 0 Å². The molecule has 260 valence electrons. The van der Waals surface area contributed by atoms with E-state index in [2.05, 4.69) is 55.0 Å². The van der Waals surface area contributed by atoms with Crippen molar-refractivity contribution in [3.05, 3.63) is 77.1 Å². The van der Waals surface area contributed by atoms with E-state index in [0.29, 0.717) is 31.1 Å². The van der Waals surface area contributed by atoms with Gasteiger partial charge >= 0.3 is 6.18 Å². The number of H-pyrrole nitrogens is 1. The summed E-state index contributed by atoms with van der Waals surface area (Å²) in [7, 11) is 0. The minimum absolute atomic E-state index is 0.119. The number of aromatic nitrogens is 3. The molecule has 6 nitrogen and oxygen atoms in total. The SMILES string of the molecule is CCCCCCOc1cccc(C)c1-c1c(C)cc(-c2cc(C3=CC(C)=NC3)nc(-c3cc(C(F)(F)F)[nH]n3)c2)cc1OCCCCCC. The lowest BCUT2D eigenvalue weighted by Gasteiger charge is -2.21. The van der Waals surface area contributed by atoms with Gasteiger partial charge in [-0.2, -0.15) is 18.3 Å². The number of ether oxygens (including phenoxy) is 2. The molecular formula is C40H47F3N4O2. The number of pyridine rings is 1. The van der Waals surface area contributed by atoms with Crippen molar-refractivity contribution in [1.82, 2.24) is 15.2 Å². The number of halogens is 3. The Morgan fingerprint density at radius 1 is 0.714 bits per heavy atom. The van der Waals surface area contributed by atoms with Crippen LogP contribution in [0.5, 0.6) is 11.5 Å². The third kappa shape index (κ3) is 8.99. The molecule has 2 aromatic carbocycles. The second-order valence-corrected chi connectivity index (χ2v) is 12.9. The lowest BCUT2D eigenvalue weighted by atomic mass is 9.91. The second-order valence-electron chi connectivity index (χ2n) is 12.9. The van der Waals surface area contributed by atoms with E-state index in [1.807, 2.05) is 37.3 Å². The molecule has 9 heteroatoms. The van der Waals surface area contributed by atoms with Crippen molar-refractivity contribution >= 4 is 11.3 Å². The van der Waals surface area contributed by atoms with Crippen LogP contribution in [0.1, 0.15) is 94.7 Å². The van der Waals surface area contributed by atoms with Crippen LogP contribution in [-0.4, -0.2) is 40.7 Å². The number of nitrogens with one attached hydrogen (secondary N) is 1. The van der Waals surface area contributed by atoms with Crippen LogP contribution in [0, 0.1) is 13.8 Å². The summed E-state index contributed by atoms with van der Waals surface area (Å²) in [5.74, 6) is 1.58. The van der Waals surface area contributed by atoms with Gasteiger partial charge in [-0.25, -0.2) is 4.98 Å². The van der Waals surface area contributed by atoms with Gasteiger partial charge in [0, 0.05) is 22.4 Å². The number of hydrogen-bond donors (Lipinski definition) is 1. The molecule has 5 rings (SSSR count). The van der Waals surface area contributed by atoms with Crippen molar-refractivity contribution in [2.45, 2.75) is 92.2 Å². The molecule has 3 heterocycles. The predicted octanol–water partition coefficient (Wildman–Crippen LogP) is 11.2. The van der Waals surface area contributed by atoms with Crippen LogP contribution in [0.4, 0.5) is 13.2 Å². The molecule has 0 fully saturated rings. The summed E-state index contributed by atoms with van der Waals surface area (Å²) < 4.78 is 53.5. The topological polar surface area (TPSA) is 72.4 Å². The molecule has 0 atom stereocenters. The highest BCUT2D eigenvalue weighted by Gasteiger charge is 2.33. The third-order valence-electron chi connectivity index (χ3n) is 8.81. The molecule has 0 saturated heterocycles. The van der Waals surface area contributed by atoms with E-state index in [4.69, 9.17) is 14.5 Å². The highest BCUT2D eigenvalue weighted by molar-refractivity contribution is 6.03. The zero-order valence-electron chi connectivity index (χ0n) is 29.3. The van der Waals surface area contributed by atoms with Crippen molar-refractivity contribution < 1.29 is 22.6 Å². The fourth-order valence-electron chi connectivity index (χ4n) is 6.16. The number of benzene rings is 2. The Balaban J connectivity index is 1.61. The molecule has 1 aliphatic rings. The molecule has 0 radical (unpaired) electrons. The lowest BCUT2D eigenvalue weighted by Crippen LogP contribution is -2.04. The van der Waals surface area contributed by atoms with Gasteiger partial charge in [-0.05, 0) is 92.3 Å². The molecule has 0 amide bonds. The summed E-state index contributed by atoms with van der Waals surface area (Å²) in [6, 6.07) is 15.1. The molecular weight excluding hydrogens is 625 g/mol. The van der Waals surface area contributed by atoms with Crippen molar-refractivity contribution in [3.8, 4) is 45.1 Å². The van der Waals surface area contributed by atoms with Crippen LogP contribution in [-0.2, 0) is 6.18 Å². The van der Waals surface area contributed by atoms with Crippen LogP contribution < -0.4 is 9.47 Å². The van der Waals surface area contributed by atoms with Gasteiger partial charge in [0.15, 0.2) is 0 Å². The molecule has 1 aliphatic heterocycles. The first-order chi connectivity index (χ1) is 23.6. The van der Waals surface area contributed by atoms with Crippen molar-refractivity contribution in [2.75, 3.05) is 19.8 Å². The number of aryl methyl sites for hydroxylation is 2. The number of nitrogens with zero attached hydrogens (tertiary/aromatic N) is 3. The minimum Gasteiger partial charge on any atom is -0.493 e. The van der Waals surface area contributed by atoms with E-state index in [0.717, 1.165) is 101 Å². The van der Waals surface area contributed by atoms with Crippen molar-refractivity contribution in [2.24, 2.45) is 4.99 Å². The first-order valence-electron chi connectivity index (χ1n) is 17.5. The fraction of sp³-hybridized carbons (Fsp3) is 0.425. The molecule has 49 heavy (non-hydrogen) atoms. The Morgan fingerprint density at radius 3 is 2.00 bits per heavy atom. The number of aromatic amines is 1. The van der Waals surface area contributed by atoms with Gasteiger partial charge in [-0.15, -0.1) is 0 Å². The molecule has 2 aromatic heterocycles. The standard InChI is InChI=1S/C40H47F3N4O2/c1-6-8-10-12-17-48-35-16-14-15-26(3)38(35)39-27(4)19-29(23-36(39)49-18-13-11-9-7-2)30-21-32(31-20-28(5)44-25-31)45-33(22-30)34-24-37(47-46-34)40(41,42)43/h14-16,19-24H,6-13,17-18,25H2,1-5H3,(H,46,47). The Hall–Kier alpha value is -4.40. The van der Waals surface area contributed by atoms with Gasteiger partial charge in [0.1, 0.15) is 22.9 Å². The molecule has 4 aromatic rings. The number of unbranched alkanes of at least 4 members (excludes halogenated alkanes) is 6. The molecule has 0 spiro atoms. The number of alkyl halides is 3. The summed E-state index contributed by atoms with van der Waals surface area (Å²) in [4.78, 5) is 9.26. The summed E-state index contributed by atoms with van der Waals surface area (Å²) in [5, 5.41) is 6.12. The Morgan fingerprint density at radius 2 is 1.37 bits per heavy atom. The fourth-order valence-corrected chi connectivity index (χ4v) is 6.16. The number of rotatable bonds is 16. The maximum Gasteiger partial charge on any atom is 0.432 e. The van der Waals surface area contributed by atoms with Gasteiger partial charge in [0.05, 0.1) is 31.1 Å².